The molecule has 1 unspecified atom stereocenters. The van der Waals surface area contributed by atoms with Gasteiger partial charge in [0.15, 0.2) is 0 Å². The van der Waals surface area contributed by atoms with E-state index in [2.05, 4.69) is 55.4 Å². The van der Waals surface area contributed by atoms with Crippen molar-refractivity contribution in [2.45, 2.75) is 32.7 Å². The first-order valence-electron chi connectivity index (χ1n) is 6.60. The second-order valence-corrected chi connectivity index (χ2v) is 4.77. The molecule has 0 spiro atoms. The van der Waals surface area contributed by atoms with Gasteiger partial charge in [0.2, 0.25) is 0 Å². The van der Waals surface area contributed by atoms with Gasteiger partial charge in [0.05, 0.1) is 0 Å². The fourth-order valence-electron chi connectivity index (χ4n) is 2.25. The van der Waals surface area contributed by atoms with Gasteiger partial charge in [0, 0.05) is 6.04 Å². The van der Waals surface area contributed by atoms with E-state index in [1.165, 1.54) is 24.0 Å². The summed E-state index contributed by atoms with van der Waals surface area (Å²) >= 11 is 0. The SMILES string of the molecule is CCC(c1ccc(C)cc1)N(C)CCCNC. The Morgan fingerprint density at radius 3 is 2.41 bits per heavy atom. The van der Waals surface area contributed by atoms with Crippen LogP contribution in [0.4, 0.5) is 0 Å². The normalized spacial score (nSPS) is 13.0. The van der Waals surface area contributed by atoms with Crippen molar-refractivity contribution in [2.75, 3.05) is 27.2 Å². The van der Waals surface area contributed by atoms with Gasteiger partial charge in [-0.3, -0.25) is 4.90 Å². The van der Waals surface area contributed by atoms with E-state index in [-0.39, 0.29) is 0 Å². The molecule has 0 aliphatic carbocycles. The third-order valence-corrected chi connectivity index (χ3v) is 3.32. The minimum atomic E-state index is 0.549. The van der Waals surface area contributed by atoms with Gasteiger partial charge in [-0.15, -0.1) is 0 Å². The minimum Gasteiger partial charge on any atom is -0.320 e. The number of nitrogens with zero attached hydrogens (tertiary/aromatic N) is 1. The van der Waals surface area contributed by atoms with Crippen molar-refractivity contribution in [3.63, 3.8) is 0 Å². The number of hydrogen-bond acceptors (Lipinski definition) is 2. The van der Waals surface area contributed by atoms with E-state index < -0.39 is 0 Å². The van der Waals surface area contributed by atoms with Crippen molar-refractivity contribution in [2.24, 2.45) is 0 Å². The molecular weight excluding hydrogens is 208 g/mol. The maximum absolute atomic E-state index is 3.20. The van der Waals surface area contributed by atoms with Crippen LogP contribution in [0.3, 0.4) is 0 Å². The highest BCUT2D eigenvalue weighted by Crippen LogP contribution is 2.23. The standard InChI is InChI=1S/C15H26N2/c1-5-15(17(4)12-6-11-16-3)14-9-7-13(2)8-10-14/h7-10,15-16H,5-6,11-12H2,1-4H3. The Labute approximate surface area is 106 Å². The van der Waals surface area contributed by atoms with Gasteiger partial charge < -0.3 is 5.32 Å². The maximum atomic E-state index is 3.20. The molecule has 17 heavy (non-hydrogen) atoms. The molecule has 0 aliphatic heterocycles. The lowest BCUT2D eigenvalue weighted by molar-refractivity contribution is 0.236. The van der Waals surface area contributed by atoms with Crippen LogP contribution in [0.1, 0.15) is 36.9 Å². The van der Waals surface area contributed by atoms with Gasteiger partial charge in [0.1, 0.15) is 0 Å². The highest BCUT2D eigenvalue weighted by Gasteiger charge is 2.13. The van der Waals surface area contributed by atoms with Crippen molar-refractivity contribution in [1.82, 2.24) is 10.2 Å². The van der Waals surface area contributed by atoms with Crippen LogP contribution in [0, 0.1) is 6.92 Å². The van der Waals surface area contributed by atoms with E-state index in [0.29, 0.717) is 6.04 Å². The molecule has 0 heterocycles. The first kappa shape index (κ1) is 14.2. The average Bonchev–Trinajstić information content (AvgIpc) is 2.33. The molecule has 0 bridgehead atoms. The van der Waals surface area contributed by atoms with Gasteiger partial charge in [-0.2, -0.15) is 0 Å². The van der Waals surface area contributed by atoms with Crippen LogP contribution >= 0.6 is 0 Å². The van der Waals surface area contributed by atoms with Gasteiger partial charge in [0.25, 0.3) is 0 Å². The van der Waals surface area contributed by atoms with Crippen molar-refractivity contribution < 1.29 is 0 Å². The second kappa shape index (κ2) is 7.46. The number of aryl methyl sites for hydroxylation is 1. The number of nitrogens with one attached hydrogen (secondary N) is 1. The van der Waals surface area contributed by atoms with Crippen LogP contribution in [0.25, 0.3) is 0 Å². The Balaban J connectivity index is 2.60. The van der Waals surface area contributed by atoms with Crippen LogP contribution < -0.4 is 5.32 Å². The third-order valence-electron chi connectivity index (χ3n) is 3.32. The maximum Gasteiger partial charge on any atom is 0.0342 e. The average molecular weight is 234 g/mol. The zero-order valence-corrected chi connectivity index (χ0v) is 11.7. The van der Waals surface area contributed by atoms with Gasteiger partial charge in [-0.05, 0) is 52.5 Å². The highest BCUT2D eigenvalue weighted by atomic mass is 15.1. The topological polar surface area (TPSA) is 15.3 Å². The molecule has 2 nitrogen and oxygen atoms in total. The van der Waals surface area contributed by atoms with E-state index in [9.17, 15) is 0 Å². The summed E-state index contributed by atoms with van der Waals surface area (Å²) in [6, 6.07) is 9.49. The molecule has 1 rings (SSSR count). The van der Waals surface area contributed by atoms with E-state index >= 15 is 0 Å². The van der Waals surface area contributed by atoms with Crippen molar-refractivity contribution in [3.05, 3.63) is 35.4 Å². The molecule has 0 amide bonds. The van der Waals surface area contributed by atoms with E-state index in [0.717, 1.165) is 13.1 Å². The number of hydrogen-bond donors (Lipinski definition) is 1. The van der Waals surface area contributed by atoms with E-state index in [1.54, 1.807) is 0 Å². The van der Waals surface area contributed by atoms with Gasteiger partial charge in [-0.25, -0.2) is 0 Å². The summed E-state index contributed by atoms with van der Waals surface area (Å²) in [5.41, 5.74) is 2.77. The Morgan fingerprint density at radius 1 is 1.24 bits per heavy atom. The lowest BCUT2D eigenvalue weighted by Gasteiger charge is -2.27. The minimum absolute atomic E-state index is 0.549. The quantitative estimate of drug-likeness (QED) is 0.730. The molecule has 1 aromatic rings. The number of benzene rings is 1. The molecule has 0 aliphatic rings. The lowest BCUT2D eigenvalue weighted by atomic mass is 10.0. The monoisotopic (exact) mass is 234 g/mol. The molecule has 0 aromatic heterocycles. The molecular formula is C15H26N2. The smallest absolute Gasteiger partial charge is 0.0342 e. The third kappa shape index (κ3) is 4.49. The van der Waals surface area contributed by atoms with Crippen LogP contribution in [0.15, 0.2) is 24.3 Å². The fourth-order valence-corrected chi connectivity index (χ4v) is 2.25. The molecule has 0 saturated heterocycles. The summed E-state index contributed by atoms with van der Waals surface area (Å²) in [6.45, 7) is 6.64. The van der Waals surface area contributed by atoms with E-state index in [4.69, 9.17) is 0 Å². The summed E-state index contributed by atoms with van der Waals surface area (Å²) in [4.78, 5) is 2.46. The van der Waals surface area contributed by atoms with Crippen LogP contribution in [0.5, 0.6) is 0 Å². The molecule has 96 valence electrons. The molecule has 2 heteroatoms. The first-order chi connectivity index (χ1) is 8.19. The van der Waals surface area contributed by atoms with Crippen LogP contribution in [-0.4, -0.2) is 32.1 Å². The molecule has 1 aromatic carbocycles. The molecule has 0 fully saturated rings. The zero-order chi connectivity index (χ0) is 12.7. The molecule has 1 atom stereocenters. The Morgan fingerprint density at radius 2 is 1.88 bits per heavy atom. The zero-order valence-electron chi connectivity index (χ0n) is 11.7. The van der Waals surface area contributed by atoms with Crippen molar-refractivity contribution in [1.29, 1.82) is 0 Å². The first-order valence-corrected chi connectivity index (χ1v) is 6.60. The molecule has 1 N–H and O–H groups in total. The summed E-state index contributed by atoms with van der Waals surface area (Å²) in [5, 5.41) is 3.20. The summed E-state index contributed by atoms with van der Waals surface area (Å²) in [7, 11) is 4.24. The second-order valence-electron chi connectivity index (χ2n) is 4.77. The van der Waals surface area contributed by atoms with Gasteiger partial charge in [-0.1, -0.05) is 36.8 Å². The van der Waals surface area contributed by atoms with Crippen molar-refractivity contribution >= 4 is 0 Å². The highest BCUT2D eigenvalue weighted by molar-refractivity contribution is 5.24. The lowest BCUT2D eigenvalue weighted by Crippen LogP contribution is -2.27. The number of rotatable bonds is 7. The summed E-state index contributed by atoms with van der Waals surface area (Å²) < 4.78 is 0. The van der Waals surface area contributed by atoms with Crippen LogP contribution in [0.2, 0.25) is 0 Å². The van der Waals surface area contributed by atoms with Crippen molar-refractivity contribution in [3.8, 4) is 0 Å². The summed E-state index contributed by atoms with van der Waals surface area (Å²) in [6.07, 6.45) is 2.37. The molecule has 0 saturated carbocycles. The largest absolute Gasteiger partial charge is 0.320 e. The van der Waals surface area contributed by atoms with Gasteiger partial charge >= 0.3 is 0 Å². The Bertz CT molecular complexity index is 305. The predicted octanol–water partition coefficient (Wildman–Crippen LogP) is 2.99. The Kier molecular flexibility index (Phi) is 6.23. The molecule has 0 radical (unpaired) electrons. The Hall–Kier alpha value is -0.860. The predicted molar refractivity (Wildman–Crippen MR) is 75.4 cm³/mol. The fraction of sp³-hybridized carbons (Fsp3) is 0.600. The summed E-state index contributed by atoms with van der Waals surface area (Å²) in [5.74, 6) is 0. The van der Waals surface area contributed by atoms with Crippen LogP contribution in [-0.2, 0) is 0 Å². The van der Waals surface area contributed by atoms with E-state index in [1.807, 2.05) is 7.05 Å².